The Balaban J connectivity index is 2.53. The van der Waals surface area contributed by atoms with Gasteiger partial charge in [-0.3, -0.25) is 5.10 Å². The van der Waals surface area contributed by atoms with Crippen molar-refractivity contribution in [3.05, 3.63) is 46.8 Å². The Morgan fingerprint density at radius 3 is 2.48 bits per heavy atom. The first kappa shape index (κ1) is 14.1. The first-order valence-corrected chi connectivity index (χ1v) is 6.08. The molecule has 6 nitrogen and oxygen atoms in total. The normalized spacial score (nSPS) is 9.05. The number of aromatic amines is 1. The minimum absolute atomic E-state index is 0.136. The second-order valence-corrected chi connectivity index (χ2v) is 4.31. The Hall–Kier alpha value is -3.27. The van der Waals surface area contributed by atoms with Crippen LogP contribution in [-0.4, -0.2) is 10.2 Å². The molecule has 0 radical (unpaired) electrons. The maximum absolute atomic E-state index is 9.09. The number of nitrogens with one attached hydrogen (secondary N) is 2. The van der Waals surface area contributed by atoms with Crippen LogP contribution in [0.15, 0.2) is 41.7 Å². The van der Waals surface area contributed by atoms with Crippen molar-refractivity contribution in [2.45, 2.75) is 0 Å². The molecule has 0 aliphatic heterocycles. The average Bonchev–Trinajstić information content (AvgIpc) is 3.01. The molecule has 1 aromatic heterocycles. The van der Waals surface area contributed by atoms with Gasteiger partial charge in [0.05, 0.1) is 5.69 Å². The number of hydrogen-bond donors (Lipinski definition) is 2. The van der Waals surface area contributed by atoms with Crippen LogP contribution in [0.5, 0.6) is 0 Å². The molecule has 0 aliphatic rings. The molecule has 2 N–H and O–H groups in total. The first-order valence-electron chi connectivity index (χ1n) is 5.70. The number of aromatic nitrogens is 2. The van der Waals surface area contributed by atoms with E-state index >= 15 is 0 Å². The first-order chi connectivity index (χ1) is 10.2. The molecule has 100 valence electrons. The van der Waals surface area contributed by atoms with Crippen molar-refractivity contribution in [2.75, 3.05) is 5.32 Å². The predicted octanol–water partition coefficient (Wildman–Crippen LogP) is 2.97. The zero-order valence-corrected chi connectivity index (χ0v) is 11.3. The number of rotatable bonds is 3. The largest absolute Gasteiger partial charge is 0.345 e. The van der Waals surface area contributed by atoms with Crippen molar-refractivity contribution in [1.29, 1.82) is 15.8 Å². The molecule has 0 bridgehead atoms. The molecule has 0 saturated heterocycles. The van der Waals surface area contributed by atoms with E-state index in [4.69, 9.17) is 27.4 Å². The van der Waals surface area contributed by atoms with Crippen LogP contribution < -0.4 is 5.32 Å². The second kappa shape index (κ2) is 6.25. The van der Waals surface area contributed by atoms with Crippen molar-refractivity contribution in [1.82, 2.24) is 10.2 Å². The van der Waals surface area contributed by atoms with Crippen molar-refractivity contribution < 1.29 is 0 Å². The summed E-state index contributed by atoms with van der Waals surface area (Å²) in [6.45, 7) is 0. The summed E-state index contributed by atoms with van der Waals surface area (Å²) >= 11 is 5.96. The third kappa shape index (κ3) is 3.01. The van der Waals surface area contributed by atoms with Gasteiger partial charge in [0.15, 0.2) is 5.57 Å². The van der Waals surface area contributed by atoms with Crippen LogP contribution in [0.1, 0.15) is 0 Å². The van der Waals surface area contributed by atoms with Gasteiger partial charge in [0.1, 0.15) is 23.9 Å². The quantitative estimate of drug-likeness (QED) is 0.845. The van der Waals surface area contributed by atoms with Gasteiger partial charge in [0.25, 0.3) is 0 Å². The van der Waals surface area contributed by atoms with Gasteiger partial charge in [-0.15, -0.1) is 0 Å². The summed E-state index contributed by atoms with van der Waals surface area (Å²) < 4.78 is 0. The fourth-order valence-electron chi connectivity index (χ4n) is 1.68. The van der Waals surface area contributed by atoms with E-state index in [2.05, 4.69) is 15.5 Å². The Bertz CT molecular complexity index is 799. The monoisotopic (exact) mass is 294 g/mol. The number of benzene rings is 1. The smallest absolute Gasteiger partial charge is 0.163 e. The van der Waals surface area contributed by atoms with E-state index in [1.54, 1.807) is 48.7 Å². The number of nitriles is 3. The second-order valence-electron chi connectivity index (χ2n) is 3.87. The average molecular weight is 295 g/mol. The molecule has 0 atom stereocenters. The van der Waals surface area contributed by atoms with Crippen molar-refractivity contribution >= 4 is 17.3 Å². The predicted molar refractivity (Wildman–Crippen MR) is 76.5 cm³/mol. The third-order valence-corrected chi connectivity index (χ3v) is 2.85. The van der Waals surface area contributed by atoms with Crippen LogP contribution in [0.4, 0.5) is 5.69 Å². The van der Waals surface area contributed by atoms with Crippen LogP contribution >= 0.6 is 11.6 Å². The number of allylic oxidation sites excluding steroid dienone is 2. The van der Waals surface area contributed by atoms with Crippen LogP contribution in [0.3, 0.4) is 0 Å². The summed E-state index contributed by atoms with van der Waals surface area (Å²) in [6.07, 6.45) is 1.59. The lowest BCUT2D eigenvalue weighted by Crippen LogP contribution is -2.02. The maximum atomic E-state index is 9.09. The minimum Gasteiger partial charge on any atom is -0.345 e. The van der Waals surface area contributed by atoms with E-state index in [1.807, 2.05) is 0 Å². The minimum atomic E-state index is -0.298. The van der Waals surface area contributed by atoms with Gasteiger partial charge in [-0.1, -0.05) is 11.6 Å². The lowest BCUT2D eigenvalue weighted by Gasteiger charge is -2.10. The highest BCUT2D eigenvalue weighted by atomic mass is 35.5. The van der Waals surface area contributed by atoms with Gasteiger partial charge in [0, 0.05) is 22.5 Å². The fraction of sp³-hybridized carbons (Fsp3) is 0. The van der Waals surface area contributed by atoms with Crippen molar-refractivity contribution in [3.63, 3.8) is 0 Å². The lowest BCUT2D eigenvalue weighted by atomic mass is 10.1. The Morgan fingerprint density at radius 1 is 1.14 bits per heavy atom. The molecule has 0 saturated carbocycles. The standard InChI is InChI=1S/C14H7ClN6/c15-10-1-2-11(12-3-4-19-21-12)13(5-10)20-14(8-18)9(6-16)7-17/h1-5,20H,(H,19,21). The van der Waals surface area contributed by atoms with Crippen LogP contribution in [0, 0.1) is 34.0 Å². The summed E-state index contributed by atoms with van der Waals surface area (Å²) in [5.74, 6) is 0. The van der Waals surface area contributed by atoms with Crippen molar-refractivity contribution in [2.24, 2.45) is 0 Å². The summed E-state index contributed by atoms with van der Waals surface area (Å²) in [6, 6.07) is 11.9. The summed E-state index contributed by atoms with van der Waals surface area (Å²) in [5, 5.41) is 36.7. The molecular weight excluding hydrogens is 288 g/mol. The fourth-order valence-corrected chi connectivity index (χ4v) is 1.85. The van der Waals surface area contributed by atoms with Crippen LogP contribution in [-0.2, 0) is 0 Å². The summed E-state index contributed by atoms with van der Waals surface area (Å²) in [7, 11) is 0. The highest BCUT2D eigenvalue weighted by molar-refractivity contribution is 6.31. The Kier molecular flexibility index (Phi) is 4.21. The number of anilines is 1. The summed E-state index contributed by atoms with van der Waals surface area (Å²) in [4.78, 5) is 0. The molecule has 0 unspecified atom stereocenters. The summed E-state index contributed by atoms with van der Waals surface area (Å²) in [5.41, 5.74) is 1.48. The number of halogens is 1. The number of H-pyrrole nitrogens is 1. The highest BCUT2D eigenvalue weighted by Crippen LogP contribution is 2.30. The number of nitrogens with zero attached hydrogens (tertiary/aromatic N) is 4. The van der Waals surface area contributed by atoms with Gasteiger partial charge in [-0.2, -0.15) is 20.9 Å². The molecule has 21 heavy (non-hydrogen) atoms. The van der Waals surface area contributed by atoms with Gasteiger partial charge in [-0.25, -0.2) is 0 Å². The van der Waals surface area contributed by atoms with Gasteiger partial charge in [-0.05, 0) is 24.3 Å². The Morgan fingerprint density at radius 2 is 1.90 bits per heavy atom. The highest BCUT2D eigenvalue weighted by Gasteiger charge is 2.11. The van der Waals surface area contributed by atoms with Gasteiger partial charge >= 0.3 is 0 Å². The number of hydrogen-bond acceptors (Lipinski definition) is 5. The zero-order chi connectivity index (χ0) is 15.2. The molecule has 7 heteroatoms. The molecule has 2 aromatic rings. The third-order valence-electron chi connectivity index (χ3n) is 2.62. The van der Waals surface area contributed by atoms with Crippen molar-refractivity contribution in [3.8, 4) is 29.5 Å². The van der Waals surface area contributed by atoms with E-state index in [0.717, 1.165) is 0 Å². The van der Waals surface area contributed by atoms with E-state index < -0.39 is 0 Å². The Labute approximate surface area is 125 Å². The van der Waals surface area contributed by atoms with Gasteiger partial charge < -0.3 is 5.32 Å². The molecule has 0 spiro atoms. The van der Waals surface area contributed by atoms with Crippen LogP contribution in [0.2, 0.25) is 5.02 Å². The van der Waals surface area contributed by atoms with E-state index in [-0.39, 0.29) is 11.3 Å². The lowest BCUT2D eigenvalue weighted by molar-refractivity contribution is 1.10. The molecule has 1 aromatic carbocycles. The molecule has 1 heterocycles. The van der Waals surface area contributed by atoms with E-state index in [0.29, 0.717) is 22.0 Å². The molecular formula is C14H7ClN6. The maximum Gasteiger partial charge on any atom is 0.163 e. The molecule has 0 aliphatic carbocycles. The van der Waals surface area contributed by atoms with Gasteiger partial charge in [0.2, 0.25) is 0 Å². The van der Waals surface area contributed by atoms with Crippen LogP contribution in [0.25, 0.3) is 11.3 Å². The topological polar surface area (TPSA) is 112 Å². The zero-order valence-electron chi connectivity index (χ0n) is 10.6. The molecule has 0 amide bonds. The molecule has 2 rings (SSSR count). The van der Waals surface area contributed by atoms with E-state index in [1.165, 1.54) is 0 Å². The SMILES string of the molecule is N#CC(C#N)=C(C#N)Nc1cc(Cl)ccc1-c1ccn[nH]1. The van der Waals surface area contributed by atoms with E-state index in [9.17, 15) is 0 Å². The molecule has 0 fully saturated rings.